The molecule has 2 aromatic carbocycles. The summed E-state index contributed by atoms with van der Waals surface area (Å²) in [5.74, 6) is -0.336. The van der Waals surface area contributed by atoms with E-state index in [0.29, 0.717) is 5.02 Å². The van der Waals surface area contributed by atoms with Crippen molar-refractivity contribution in [3.8, 4) is 11.8 Å². The van der Waals surface area contributed by atoms with E-state index in [1.165, 1.54) is 18.3 Å². The lowest BCUT2D eigenvalue weighted by Gasteiger charge is -2.15. The number of aromatic hydroxyl groups is 1. The van der Waals surface area contributed by atoms with E-state index in [1.54, 1.807) is 42.3 Å². The molecular formula is C18H16ClN3O2. The SMILES string of the molecule is CN(/C=C(/C#N)C(=O)NCc1ccccc1Cl)c1ccc(O)cc1. The predicted octanol–water partition coefficient (Wildman–Crippen LogP) is 3.21. The molecule has 24 heavy (non-hydrogen) atoms. The molecule has 0 saturated heterocycles. The fourth-order valence-corrected chi connectivity index (χ4v) is 2.21. The van der Waals surface area contributed by atoms with Gasteiger partial charge in [-0.25, -0.2) is 0 Å². The largest absolute Gasteiger partial charge is 0.508 e. The highest BCUT2D eigenvalue weighted by Gasteiger charge is 2.11. The van der Waals surface area contributed by atoms with Gasteiger partial charge in [-0.3, -0.25) is 4.79 Å². The molecule has 0 aliphatic carbocycles. The topological polar surface area (TPSA) is 76.4 Å². The molecule has 5 nitrogen and oxygen atoms in total. The number of benzene rings is 2. The molecule has 2 N–H and O–H groups in total. The minimum Gasteiger partial charge on any atom is -0.508 e. The van der Waals surface area contributed by atoms with Gasteiger partial charge < -0.3 is 15.3 Å². The summed E-state index contributed by atoms with van der Waals surface area (Å²) in [5, 5.41) is 21.7. The van der Waals surface area contributed by atoms with Crippen LogP contribution in [-0.4, -0.2) is 18.1 Å². The number of amides is 1. The number of anilines is 1. The van der Waals surface area contributed by atoms with Gasteiger partial charge in [-0.2, -0.15) is 5.26 Å². The number of halogens is 1. The first-order chi connectivity index (χ1) is 11.5. The number of nitriles is 1. The minimum absolute atomic E-state index is 0.0300. The fraction of sp³-hybridized carbons (Fsp3) is 0.111. The van der Waals surface area contributed by atoms with Gasteiger partial charge in [0.1, 0.15) is 17.4 Å². The van der Waals surface area contributed by atoms with Crippen LogP contribution in [-0.2, 0) is 11.3 Å². The normalized spacial score (nSPS) is 10.8. The van der Waals surface area contributed by atoms with Crippen LogP contribution in [0.3, 0.4) is 0 Å². The lowest BCUT2D eigenvalue weighted by Crippen LogP contribution is -2.25. The third kappa shape index (κ3) is 4.51. The smallest absolute Gasteiger partial charge is 0.263 e. The van der Waals surface area contributed by atoms with Gasteiger partial charge in [0.15, 0.2) is 0 Å². The molecule has 0 radical (unpaired) electrons. The van der Waals surface area contributed by atoms with Gasteiger partial charge in [0, 0.05) is 30.5 Å². The maximum atomic E-state index is 12.2. The van der Waals surface area contributed by atoms with Crippen molar-refractivity contribution in [2.75, 3.05) is 11.9 Å². The second-order valence-corrected chi connectivity index (χ2v) is 5.46. The molecule has 0 bridgehead atoms. The summed E-state index contributed by atoms with van der Waals surface area (Å²) in [6.07, 6.45) is 1.44. The lowest BCUT2D eigenvalue weighted by molar-refractivity contribution is -0.117. The molecule has 0 atom stereocenters. The fourth-order valence-electron chi connectivity index (χ4n) is 2.01. The molecule has 0 fully saturated rings. The molecule has 0 unspecified atom stereocenters. The first-order valence-electron chi connectivity index (χ1n) is 7.16. The zero-order valence-corrected chi connectivity index (χ0v) is 13.8. The molecule has 0 aliphatic heterocycles. The molecule has 1 amide bonds. The monoisotopic (exact) mass is 341 g/mol. The van der Waals surface area contributed by atoms with E-state index < -0.39 is 5.91 Å². The zero-order chi connectivity index (χ0) is 17.5. The summed E-state index contributed by atoms with van der Waals surface area (Å²) < 4.78 is 0. The Hall–Kier alpha value is -2.97. The van der Waals surface area contributed by atoms with Gasteiger partial charge in [0.05, 0.1) is 0 Å². The van der Waals surface area contributed by atoms with E-state index in [2.05, 4.69) is 5.32 Å². The zero-order valence-electron chi connectivity index (χ0n) is 13.0. The van der Waals surface area contributed by atoms with E-state index in [1.807, 2.05) is 12.1 Å². The maximum absolute atomic E-state index is 12.2. The van der Waals surface area contributed by atoms with E-state index in [9.17, 15) is 15.2 Å². The van der Waals surface area contributed by atoms with Crippen LogP contribution in [0.5, 0.6) is 5.75 Å². The summed E-state index contributed by atoms with van der Waals surface area (Å²) in [5.41, 5.74) is 1.48. The molecule has 2 aromatic rings. The van der Waals surface area contributed by atoms with E-state index in [0.717, 1.165) is 11.3 Å². The van der Waals surface area contributed by atoms with E-state index in [4.69, 9.17) is 11.6 Å². The highest BCUT2D eigenvalue weighted by molar-refractivity contribution is 6.31. The van der Waals surface area contributed by atoms with Crippen molar-refractivity contribution in [3.63, 3.8) is 0 Å². The van der Waals surface area contributed by atoms with Crippen molar-refractivity contribution in [3.05, 3.63) is 70.9 Å². The van der Waals surface area contributed by atoms with Crippen LogP contribution in [0.1, 0.15) is 5.56 Å². The Bertz CT molecular complexity index is 795. The van der Waals surface area contributed by atoms with Crippen LogP contribution in [0, 0.1) is 11.3 Å². The quantitative estimate of drug-likeness (QED) is 0.646. The third-order valence-electron chi connectivity index (χ3n) is 3.34. The van der Waals surface area contributed by atoms with Crippen molar-refractivity contribution in [1.82, 2.24) is 5.32 Å². The summed E-state index contributed by atoms with van der Waals surface area (Å²) in [7, 11) is 1.71. The predicted molar refractivity (Wildman–Crippen MR) is 93.5 cm³/mol. The second-order valence-electron chi connectivity index (χ2n) is 5.06. The van der Waals surface area contributed by atoms with Gasteiger partial charge >= 0.3 is 0 Å². The summed E-state index contributed by atoms with van der Waals surface area (Å²) >= 11 is 6.04. The van der Waals surface area contributed by atoms with Gasteiger partial charge in [-0.15, -0.1) is 0 Å². The first kappa shape index (κ1) is 17.4. The lowest BCUT2D eigenvalue weighted by atomic mass is 10.2. The number of hydrogen-bond donors (Lipinski definition) is 2. The molecule has 2 rings (SSSR count). The van der Waals surface area contributed by atoms with Crippen molar-refractivity contribution < 1.29 is 9.90 Å². The Morgan fingerprint density at radius 1 is 1.29 bits per heavy atom. The number of hydrogen-bond acceptors (Lipinski definition) is 4. The minimum atomic E-state index is -0.483. The van der Waals surface area contributed by atoms with Crippen LogP contribution < -0.4 is 10.2 Å². The van der Waals surface area contributed by atoms with Crippen molar-refractivity contribution in [2.24, 2.45) is 0 Å². The number of phenolic OH excluding ortho intramolecular Hbond substituents is 1. The van der Waals surface area contributed by atoms with Gasteiger partial charge in [0.25, 0.3) is 5.91 Å². The summed E-state index contributed by atoms with van der Waals surface area (Å²) in [4.78, 5) is 13.8. The van der Waals surface area contributed by atoms with Crippen LogP contribution in [0.15, 0.2) is 60.3 Å². The Labute approximate surface area is 145 Å². The molecule has 0 aromatic heterocycles. The highest BCUT2D eigenvalue weighted by Crippen LogP contribution is 2.18. The number of rotatable bonds is 5. The molecule has 0 saturated carbocycles. The number of nitrogens with zero attached hydrogens (tertiary/aromatic N) is 2. The first-order valence-corrected chi connectivity index (χ1v) is 7.54. The van der Waals surface area contributed by atoms with E-state index >= 15 is 0 Å². The van der Waals surface area contributed by atoms with Gasteiger partial charge in [0.2, 0.25) is 0 Å². The summed E-state index contributed by atoms with van der Waals surface area (Å²) in [6, 6.07) is 15.5. The van der Waals surface area contributed by atoms with Crippen LogP contribution in [0.25, 0.3) is 0 Å². The van der Waals surface area contributed by atoms with Crippen LogP contribution in [0.2, 0.25) is 5.02 Å². The van der Waals surface area contributed by atoms with Gasteiger partial charge in [-0.1, -0.05) is 29.8 Å². The standard InChI is InChI=1S/C18H16ClN3O2/c1-22(15-6-8-16(23)9-7-15)12-14(10-20)18(24)21-11-13-4-2-3-5-17(13)19/h2-9,12,23H,11H2,1H3,(H,21,24)/b14-12-. The highest BCUT2D eigenvalue weighted by atomic mass is 35.5. The van der Waals surface area contributed by atoms with Crippen molar-refractivity contribution in [1.29, 1.82) is 5.26 Å². The van der Waals surface area contributed by atoms with Crippen LogP contribution in [0.4, 0.5) is 5.69 Å². The second kappa shape index (κ2) is 8.04. The molecule has 6 heteroatoms. The van der Waals surface area contributed by atoms with Crippen LogP contribution >= 0.6 is 11.6 Å². The Morgan fingerprint density at radius 3 is 2.58 bits per heavy atom. The molecule has 0 aliphatic rings. The molecular weight excluding hydrogens is 326 g/mol. The number of carbonyl (C=O) groups is 1. The molecule has 0 spiro atoms. The molecule has 122 valence electrons. The Balaban J connectivity index is 2.06. The average molecular weight is 342 g/mol. The van der Waals surface area contributed by atoms with Gasteiger partial charge in [-0.05, 0) is 35.9 Å². The van der Waals surface area contributed by atoms with Crippen molar-refractivity contribution >= 4 is 23.2 Å². The number of phenols is 1. The molecule has 0 heterocycles. The average Bonchev–Trinajstić information content (AvgIpc) is 2.59. The number of nitrogens with one attached hydrogen (secondary N) is 1. The Kier molecular flexibility index (Phi) is 5.83. The number of carbonyl (C=O) groups excluding carboxylic acids is 1. The third-order valence-corrected chi connectivity index (χ3v) is 3.71. The maximum Gasteiger partial charge on any atom is 0.263 e. The summed E-state index contributed by atoms with van der Waals surface area (Å²) in [6.45, 7) is 0.237. The van der Waals surface area contributed by atoms with E-state index in [-0.39, 0.29) is 17.9 Å². The van der Waals surface area contributed by atoms with Crippen molar-refractivity contribution in [2.45, 2.75) is 6.54 Å². The Morgan fingerprint density at radius 2 is 1.96 bits per heavy atom.